The second-order valence-electron chi connectivity index (χ2n) is 4.69. The van der Waals surface area contributed by atoms with Crippen molar-refractivity contribution in [2.45, 2.75) is 26.3 Å². The molecule has 0 spiro atoms. The number of carbonyl (C=O) groups excluding carboxylic acids is 2. The van der Waals surface area contributed by atoms with Crippen LogP contribution in [0.25, 0.3) is 0 Å². The quantitative estimate of drug-likeness (QED) is 0.845. The number of ether oxygens (including phenoxy) is 1. The average Bonchev–Trinajstić information content (AvgIpc) is 2.37. The third kappa shape index (κ3) is 4.91. The van der Waals surface area contributed by atoms with Crippen molar-refractivity contribution in [1.82, 2.24) is 5.32 Å². The van der Waals surface area contributed by atoms with Gasteiger partial charge in [0.05, 0.1) is 7.11 Å². The van der Waals surface area contributed by atoms with Crippen LogP contribution < -0.4 is 5.32 Å². The normalized spacial score (nSPS) is 12.1. The van der Waals surface area contributed by atoms with Crippen LogP contribution in [-0.4, -0.2) is 25.0 Å². The summed E-state index contributed by atoms with van der Waals surface area (Å²) >= 11 is 5.76. The molecular weight excluding hydrogens is 266 g/mol. The van der Waals surface area contributed by atoms with E-state index in [4.69, 9.17) is 16.3 Å². The SMILES string of the molecule is COC(=O)[C@@H](CC(C)C)NC(=O)c1ccc(Cl)cc1. The van der Waals surface area contributed by atoms with Crippen LogP contribution in [0.3, 0.4) is 0 Å². The topological polar surface area (TPSA) is 55.4 Å². The van der Waals surface area contributed by atoms with Gasteiger partial charge in [0.15, 0.2) is 0 Å². The molecular formula is C14H18ClNO3. The molecule has 0 saturated heterocycles. The molecule has 4 nitrogen and oxygen atoms in total. The number of esters is 1. The van der Waals surface area contributed by atoms with E-state index in [0.717, 1.165) is 0 Å². The van der Waals surface area contributed by atoms with Crippen molar-refractivity contribution in [3.63, 3.8) is 0 Å². The molecule has 0 aliphatic carbocycles. The summed E-state index contributed by atoms with van der Waals surface area (Å²) < 4.78 is 4.69. The van der Waals surface area contributed by atoms with Gasteiger partial charge in [0.25, 0.3) is 5.91 Å². The number of hydrogen-bond acceptors (Lipinski definition) is 3. The molecule has 1 aromatic rings. The first-order valence-corrected chi connectivity index (χ1v) is 6.46. The summed E-state index contributed by atoms with van der Waals surface area (Å²) in [6.07, 6.45) is 0.534. The molecule has 0 saturated carbocycles. The third-order valence-electron chi connectivity index (χ3n) is 2.60. The van der Waals surface area contributed by atoms with Gasteiger partial charge in [0, 0.05) is 10.6 Å². The van der Waals surface area contributed by atoms with Crippen molar-refractivity contribution in [1.29, 1.82) is 0 Å². The molecule has 0 bridgehead atoms. The fourth-order valence-corrected chi connectivity index (χ4v) is 1.80. The van der Waals surface area contributed by atoms with Crippen LogP contribution in [0.2, 0.25) is 5.02 Å². The maximum Gasteiger partial charge on any atom is 0.328 e. The minimum absolute atomic E-state index is 0.273. The van der Waals surface area contributed by atoms with E-state index >= 15 is 0 Å². The minimum atomic E-state index is -0.631. The number of methoxy groups -OCH3 is 1. The van der Waals surface area contributed by atoms with Crippen molar-refractivity contribution < 1.29 is 14.3 Å². The highest BCUT2D eigenvalue weighted by atomic mass is 35.5. The highest BCUT2D eigenvalue weighted by Crippen LogP contribution is 2.11. The largest absolute Gasteiger partial charge is 0.467 e. The minimum Gasteiger partial charge on any atom is -0.467 e. The van der Waals surface area contributed by atoms with Crippen molar-refractivity contribution in [2.75, 3.05) is 7.11 Å². The Morgan fingerprint density at radius 3 is 2.32 bits per heavy atom. The number of halogens is 1. The van der Waals surface area contributed by atoms with Crippen molar-refractivity contribution in [3.05, 3.63) is 34.9 Å². The zero-order valence-electron chi connectivity index (χ0n) is 11.3. The van der Waals surface area contributed by atoms with Crippen LogP contribution in [0, 0.1) is 5.92 Å². The second kappa shape index (κ2) is 7.14. The van der Waals surface area contributed by atoms with Crippen LogP contribution in [0.15, 0.2) is 24.3 Å². The first-order valence-electron chi connectivity index (χ1n) is 6.08. The fourth-order valence-electron chi connectivity index (χ4n) is 1.67. The molecule has 1 amide bonds. The summed E-state index contributed by atoms with van der Waals surface area (Å²) in [5.41, 5.74) is 0.460. The molecule has 1 aromatic carbocycles. The van der Waals surface area contributed by atoms with Gasteiger partial charge in [-0.3, -0.25) is 4.79 Å². The van der Waals surface area contributed by atoms with E-state index < -0.39 is 12.0 Å². The fraction of sp³-hybridized carbons (Fsp3) is 0.429. The van der Waals surface area contributed by atoms with Gasteiger partial charge in [-0.1, -0.05) is 25.4 Å². The maximum absolute atomic E-state index is 12.0. The standard InChI is InChI=1S/C14H18ClNO3/c1-9(2)8-12(14(18)19-3)16-13(17)10-4-6-11(15)7-5-10/h4-7,9,12H,8H2,1-3H3,(H,16,17)/t12-/m1/s1. The second-order valence-corrected chi connectivity index (χ2v) is 5.12. The Balaban J connectivity index is 2.75. The molecule has 0 radical (unpaired) electrons. The predicted octanol–water partition coefficient (Wildman–Crippen LogP) is 2.66. The van der Waals surface area contributed by atoms with Crippen LogP contribution in [0.1, 0.15) is 30.6 Å². The molecule has 19 heavy (non-hydrogen) atoms. The summed E-state index contributed by atoms with van der Waals surface area (Å²) in [7, 11) is 1.31. The third-order valence-corrected chi connectivity index (χ3v) is 2.86. The molecule has 0 fully saturated rings. The van der Waals surface area contributed by atoms with E-state index in [9.17, 15) is 9.59 Å². The molecule has 5 heteroatoms. The molecule has 104 valence electrons. The van der Waals surface area contributed by atoms with E-state index in [0.29, 0.717) is 17.0 Å². The lowest BCUT2D eigenvalue weighted by Crippen LogP contribution is -2.42. The van der Waals surface area contributed by atoms with Gasteiger partial charge in [-0.25, -0.2) is 4.79 Å². The summed E-state index contributed by atoms with van der Waals surface area (Å²) in [4.78, 5) is 23.6. The van der Waals surface area contributed by atoms with Gasteiger partial charge in [-0.15, -0.1) is 0 Å². The number of rotatable bonds is 5. The summed E-state index contributed by atoms with van der Waals surface area (Å²) in [6, 6.07) is 5.86. The van der Waals surface area contributed by atoms with E-state index in [1.165, 1.54) is 7.11 Å². The Bertz CT molecular complexity index is 443. The van der Waals surface area contributed by atoms with E-state index in [2.05, 4.69) is 5.32 Å². The molecule has 0 aromatic heterocycles. The lowest BCUT2D eigenvalue weighted by Gasteiger charge is -2.18. The Hall–Kier alpha value is -1.55. The number of amides is 1. The number of nitrogens with one attached hydrogen (secondary N) is 1. The Morgan fingerprint density at radius 2 is 1.84 bits per heavy atom. The van der Waals surface area contributed by atoms with Crippen molar-refractivity contribution in [3.8, 4) is 0 Å². The van der Waals surface area contributed by atoms with E-state index in [-0.39, 0.29) is 11.8 Å². The van der Waals surface area contributed by atoms with Crippen LogP contribution >= 0.6 is 11.6 Å². The Labute approximate surface area is 118 Å². The molecule has 1 atom stereocenters. The zero-order chi connectivity index (χ0) is 14.4. The van der Waals surface area contributed by atoms with Crippen molar-refractivity contribution >= 4 is 23.5 Å². The lowest BCUT2D eigenvalue weighted by atomic mass is 10.0. The molecule has 0 aliphatic heterocycles. The molecule has 1 rings (SSSR count). The van der Waals surface area contributed by atoms with Gasteiger partial charge < -0.3 is 10.1 Å². The van der Waals surface area contributed by atoms with Gasteiger partial charge in [0.1, 0.15) is 6.04 Å². The highest BCUT2D eigenvalue weighted by molar-refractivity contribution is 6.30. The summed E-state index contributed by atoms with van der Waals surface area (Å²) in [5, 5.41) is 3.24. The zero-order valence-corrected chi connectivity index (χ0v) is 12.0. The molecule has 0 heterocycles. The summed E-state index contributed by atoms with van der Waals surface area (Å²) in [6.45, 7) is 3.95. The first kappa shape index (κ1) is 15.5. The van der Waals surface area contributed by atoms with Crippen LogP contribution in [0.5, 0.6) is 0 Å². The highest BCUT2D eigenvalue weighted by Gasteiger charge is 2.22. The van der Waals surface area contributed by atoms with E-state index in [1.807, 2.05) is 13.8 Å². The monoisotopic (exact) mass is 283 g/mol. The smallest absolute Gasteiger partial charge is 0.328 e. The molecule has 0 aliphatic rings. The van der Waals surface area contributed by atoms with Gasteiger partial charge >= 0.3 is 5.97 Å². The average molecular weight is 284 g/mol. The maximum atomic E-state index is 12.0. The Kier molecular flexibility index (Phi) is 5.83. The molecule has 0 unspecified atom stereocenters. The van der Waals surface area contributed by atoms with Gasteiger partial charge in [-0.2, -0.15) is 0 Å². The number of carbonyl (C=O) groups is 2. The van der Waals surface area contributed by atoms with Crippen LogP contribution in [0.4, 0.5) is 0 Å². The molecule has 1 N–H and O–H groups in total. The van der Waals surface area contributed by atoms with Gasteiger partial charge in [-0.05, 0) is 36.6 Å². The number of benzene rings is 1. The van der Waals surface area contributed by atoms with Crippen molar-refractivity contribution in [2.24, 2.45) is 5.92 Å². The van der Waals surface area contributed by atoms with Gasteiger partial charge in [0.2, 0.25) is 0 Å². The Morgan fingerprint density at radius 1 is 1.26 bits per heavy atom. The lowest BCUT2D eigenvalue weighted by molar-refractivity contribution is -0.143. The predicted molar refractivity (Wildman–Crippen MR) is 74.2 cm³/mol. The first-order chi connectivity index (χ1) is 8.93. The van der Waals surface area contributed by atoms with E-state index in [1.54, 1.807) is 24.3 Å². The van der Waals surface area contributed by atoms with Crippen LogP contribution in [-0.2, 0) is 9.53 Å². The summed E-state index contributed by atoms with van der Waals surface area (Å²) in [5.74, 6) is -0.474. The number of hydrogen-bond donors (Lipinski definition) is 1.